The number of carbonyl (C=O) groups excluding carboxylic acids is 2. The Morgan fingerprint density at radius 1 is 0.941 bits per heavy atom. The van der Waals surface area contributed by atoms with Crippen LogP contribution in [0.5, 0.6) is 0 Å². The molecule has 1 aromatic heterocycles. The van der Waals surface area contributed by atoms with Gasteiger partial charge in [0.1, 0.15) is 5.82 Å². The summed E-state index contributed by atoms with van der Waals surface area (Å²) in [6.07, 6.45) is -4.00. The highest BCUT2D eigenvalue weighted by atomic mass is 19.4. The summed E-state index contributed by atoms with van der Waals surface area (Å²) < 4.78 is 40.1. The van der Waals surface area contributed by atoms with Crippen LogP contribution in [-0.2, 0) is 12.7 Å². The average molecular weight is 468 g/mol. The molecule has 3 aromatic rings. The van der Waals surface area contributed by atoms with E-state index in [0.717, 1.165) is 6.07 Å². The summed E-state index contributed by atoms with van der Waals surface area (Å²) in [5, 5.41) is 8.13. The van der Waals surface area contributed by atoms with E-state index in [4.69, 9.17) is 0 Å². The van der Waals surface area contributed by atoms with E-state index in [1.54, 1.807) is 18.2 Å². The fourth-order valence-corrected chi connectivity index (χ4v) is 4.30. The highest BCUT2D eigenvalue weighted by Gasteiger charge is 2.36. The lowest BCUT2D eigenvalue weighted by molar-refractivity contribution is -0.138. The van der Waals surface area contributed by atoms with Gasteiger partial charge in [-0.15, -0.1) is 10.2 Å². The number of benzene rings is 2. The van der Waals surface area contributed by atoms with Gasteiger partial charge < -0.3 is 4.90 Å². The number of hydrogen-bond acceptors (Lipinski definition) is 6. The summed E-state index contributed by atoms with van der Waals surface area (Å²) in [7, 11) is 0. The second-order valence-electron chi connectivity index (χ2n) is 8.13. The van der Waals surface area contributed by atoms with E-state index in [1.165, 1.54) is 23.1 Å². The first-order valence-corrected chi connectivity index (χ1v) is 10.7. The molecule has 3 heterocycles. The van der Waals surface area contributed by atoms with Gasteiger partial charge in [0.2, 0.25) is 0 Å². The van der Waals surface area contributed by atoms with Crippen molar-refractivity contribution >= 4 is 28.5 Å². The molecule has 0 aliphatic carbocycles. The largest absolute Gasteiger partial charge is 0.417 e. The Labute approximate surface area is 192 Å². The predicted octanol–water partition coefficient (Wildman–Crippen LogP) is 4.23. The molecule has 5 rings (SSSR count). The molecule has 0 saturated carbocycles. The number of rotatable bonds is 3. The van der Waals surface area contributed by atoms with Crippen LogP contribution in [0.3, 0.4) is 0 Å². The van der Waals surface area contributed by atoms with E-state index >= 15 is 0 Å². The second kappa shape index (κ2) is 8.56. The number of nitrogens with zero attached hydrogens (tertiary/aromatic N) is 6. The smallest absolute Gasteiger partial charge is 0.337 e. The van der Waals surface area contributed by atoms with Gasteiger partial charge in [-0.1, -0.05) is 18.2 Å². The molecule has 1 saturated heterocycles. The van der Waals surface area contributed by atoms with Crippen molar-refractivity contribution in [3.63, 3.8) is 0 Å². The van der Waals surface area contributed by atoms with Gasteiger partial charge in [-0.25, -0.2) is 9.97 Å². The third-order valence-electron chi connectivity index (χ3n) is 5.92. The van der Waals surface area contributed by atoms with Crippen molar-refractivity contribution in [2.45, 2.75) is 19.1 Å². The number of carbonyl (C=O) groups is 2. The zero-order chi connectivity index (χ0) is 23.9. The lowest BCUT2D eigenvalue weighted by Gasteiger charge is -2.23. The molecule has 8 nitrogen and oxygen atoms in total. The van der Waals surface area contributed by atoms with E-state index in [2.05, 4.69) is 20.2 Å². The van der Waals surface area contributed by atoms with Gasteiger partial charge in [0.25, 0.3) is 11.8 Å². The predicted molar refractivity (Wildman–Crippen MR) is 116 cm³/mol. The maximum absolute atomic E-state index is 13.4. The Balaban J connectivity index is 1.32. The van der Waals surface area contributed by atoms with Crippen LogP contribution in [0.15, 0.2) is 52.7 Å². The summed E-state index contributed by atoms with van der Waals surface area (Å²) in [6.45, 7) is 2.09. The minimum Gasteiger partial charge on any atom is -0.337 e. The molecule has 0 atom stereocenters. The number of hydrogen-bond donors (Lipinski definition) is 0. The van der Waals surface area contributed by atoms with Crippen LogP contribution in [-0.4, -0.2) is 57.8 Å². The standard InChI is InChI=1S/C23H19F3N6O2/c24-23(25,26)16-7-2-1-5-14(16)22(34)32-10-4-9-31(11-12-32)13-18-27-17-8-3-6-15-19(17)20(28-18)29-30-21(15)33/h1-3,5-8H,4,9-13H2. The maximum Gasteiger partial charge on any atom is 0.417 e. The van der Waals surface area contributed by atoms with E-state index in [1.807, 2.05) is 4.90 Å². The van der Waals surface area contributed by atoms with Crippen LogP contribution in [0.4, 0.5) is 19.0 Å². The van der Waals surface area contributed by atoms with Crippen molar-refractivity contribution in [3.8, 4) is 0 Å². The lowest BCUT2D eigenvalue weighted by atomic mass is 10.1. The van der Waals surface area contributed by atoms with Crippen LogP contribution in [0.2, 0.25) is 0 Å². The fourth-order valence-electron chi connectivity index (χ4n) is 4.30. The number of alkyl halides is 3. The van der Waals surface area contributed by atoms with Gasteiger partial charge in [-0.3, -0.25) is 14.5 Å². The first kappa shape index (κ1) is 22.1. The first-order valence-electron chi connectivity index (χ1n) is 10.7. The summed E-state index contributed by atoms with van der Waals surface area (Å²) >= 11 is 0. The van der Waals surface area contributed by atoms with Gasteiger partial charge >= 0.3 is 6.18 Å². The van der Waals surface area contributed by atoms with Gasteiger partial charge in [-0.05, 0) is 30.7 Å². The van der Waals surface area contributed by atoms with E-state index < -0.39 is 23.6 Å². The van der Waals surface area contributed by atoms with Crippen LogP contribution in [0.25, 0.3) is 10.9 Å². The molecule has 1 fully saturated rings. The Morgan fingerprint density at radius 3 is 2.59 bits per heavy atom. The van der Waals surface area contributed by atoms with Crippen molar-refractivity contribution in [3.05, 3.63) is 65.0 Å². The third kappa shape index (κ3) is 4.14. The molecule has 0 spiro atoms. The van der Waals surface area contributed by atoms with Crippen molar-refractivity contribution < 1.29 is 22.8 Å². The van der Waals surface area contributed by atoms with E-state index in [9.17, 15) is 22.8 Å². The molecular weight excluding hydrogens is 449 g/mol. The molecule has 0 bridgehead atoms. The zero-order valence-electron chi connectivity index (χ0n) is 17.9. The summed E-state index contributed by atoms with van der Waals surface area (Å²) in [4.78, 5) is 37.4. The molecular formula is C23H19F3N6O2. The summed E-state index contributed by atoms with van der Waals surface area (Å²) in [6, 6.07) is 10.0. The van der Waals surface area contributed by atoms with E-state index in [0.29, 0.717) is 60.7 Å². The lowest BCUT2D eigenvalue weighted by Crippen LogP contribution is -2.36. The minimum absolute atomic E-state index is 0.282. The first-order chi connectivity index (χ1) is 16.3. The highest BCUT2D eigenvalue weighted by Crippen LogP contribution is 2.33. The third-order valence-corrected chi connectivity index (χ3v) is 5.92. The van der Waals surface area contributed by atoms with E-state index in [-0.39, 0.29) is 12.1 Å². The monoisotopic (exact) mass is 468 g/mol. The topological polar surface area (TPSA) is 91.1 Å². The van der Waals surface area contributed by atoms with Crippen LogP contribution in [0.1, 0.15) is 38.5 Å². The van der Waals surface area contributed by atoms with Crippen LogP contribution < -0.4 is 0 Å². The molecule has 0 radical (unpaired) electrons. The maximum atomic E-state index is 13.4. The Hall–Kier alpha value is -3.73. The molecule has 2 amide bonds. The van der Waals surface area contributed by atoms with Gasteiger partial charge in [0.15, 0.2) is 5.82 Å². The second-order valence-corrected chi connectivity index (χ2v) is 8.13. The SMILES string of the molecule is O=C1N=Nc2nc(CN3CCCN(C(=O)c4ccccc4C(F)(F)F)CC3)nc3cccc1c23. The van der Waals surface area contributed by atoms with Gasteiger partial charge in [-0.2, -0.15) is 13.2 Å². The number of amides is 2. The van der Waals surface area contributed by atoms with Crippen LogP contribution in [0, 0.1) is 0 Å². The number of aromatic nitrogens is 2. The van der Waals surface area contributed by atoms with Gasteiger partial charge in [0, 0.05) is 26.2 Å². The molecule has 0 N–H and O–H groups in total. The molecule has 2 aromatic carbocycles. The molecule has 11 heteroatoms. The van der Waals surface area contributed by atoms with Crippen molar-refractivity contribution in [1.29, 1.82) is 0 Å². The Morgan fingerprint density at radius 2 is 1.76 bits per heavy atom. The Kier molecular flexibility index (Phi) is 5.56. The average Bonchev–Trinajstić information content (AvgIpc) is 3.06. The molecule has 174 valence electrons. The highest BCUT2D eigenvalue weighted by molar-refractivity contribution is 6.11. The minimum atomic E-state index is -4.60. The fraction of sp³-hybridized carbons (Fsp3) is 0.304. The quantitative estimate of drug-likeness (QED) is 0.574. The van der Waals surface area contributed by atoms with Crippen molar-refractivity contribution in [1.82, 2.24) is 19.8 Å². The van der Waals surface area contributed by atoms with Crippen LogP contribution >= 0.6 is 0 Å². The number of halogens is 3. The number of azo groups is 1. The molecule has 34 heavy (non-hydrogen) atoms. The molecule has 2 aliphatic rings. The summed E-state index contributed by atoms with van der Waals surface area (Å²) in [5.41, 5.74) is -0.250. The van der Waals surface area contributed by atoms with Gasteiger partial charge in [0.05, 0.1) is 34.1 Å². The normalized spacial score (nSPS) is 16.7. The summed E-state index contributed by atoms with van der Waals surface area (Å²) in [5.74, 6) is -0.224. The van der Waals surface area contributed by atoms with Crippen molar-refractivity contribution in [2.24, 2.45) is 10.2 Å². The molecule has 2 aliphatic heterocycles. The Bertz CT molecular complexity index is 1320. The molecule has 0 unspecified atom stereocenters. The zero-order valence-corrected chi connectivity index (χ0v) is 17.9. The van der Waals surface area contributed by atoms with Crippen molar-refractivity contribution in [2.75, 3.05) is 26.2 Å².